The molecule has 0 aromatic carbocycles. The van der Waals surface area contributed by atoms with Crippen LogP contribution in [0.2, 0.25) is 0 Å². The molecule has 2 heterocycles. The van der Waals surface area contributed by atoms with Crippen LogP contribution in [0.15, 0.2) is 9.59 Å². The number of aliphatic hydroxyl groups excluding tert-OH is 1. The molecule has 0 spiro atoms. The summed E-state index contributed by atoms with van der Waals surface area (Å²) in [6.07, 6.45) is 0.375. The lowest BCUT2D eigenvalue weighted by Gasteiger charge is -2.08. The first-order chi connectivity index (χ1) is 9.02. The monoisotopic (exact) mass is 266 g/mol. The highest BCUT2D eigenvalue weighted by atomic mass is 16.3. The molecule has 0 atom stereocenters. The van der Waals surface area contributed by atoms with E-state index in [1.807, 2.05) is 13.8 Å². The summed E-state index contributed by atoms with van der Waals surface area (Å²) < 4.78 is 4.34. The van der Waals surface area contributed by atoms with Crippen LogP contribution in [0.4, 0.5) is 0 Å². The molecular formula is C12H18N4O3. The smallest absolute Gasteiger partial charge is 0.332 e. The van der Waals surface area contributed by atoms with Crippen LogP contribution >= 0.6 is 0 Å². The highest BCUT2D eigenvalue weighted by Gasteiger charge is 2.17. The van der Waals surface area contributed by atoms with Crippen molar-refractivity contribution in [3.05, 3.63) is 26.7 Å². The maximum atomic E-state index is 12.4. The van der Waals surface area contributed by atoms with E-state index in [9.17, 15) is 9.59 Å². The number of imidazole rings is 1. The Morgan fingerprint density at radius 2 is 1.95 bits per heavy atom. The maximum Gasteiger partial charge on any atom is 0.332 e. The van der Waals surface area contributed by atoms with Crippen molar-refractivity contribution in [3.8, 4) is 0 Å². The highest BCUT2D eigenvalue weighted by molar-refractivity contribution is 5.70. The number of aryl methyl sites for hydroxylation is 3. The van der Waals surface area contributed by atoms with Crippen molar-refractivity contribution in [2.45, 2.75) is 33.4 Å². The third kappa shape index (κ3) is 1.99. The molecule has 7 heteroatoms. The van der Waals surface area contributed by atoms with Crippen LogP contribution in [0.25, 0.3) is 11.2 Å². The lowest BCUT2D eigenvalue weighted by Crippen LogP contribution is -2.39. The van der Waals surface area contributed by atoms with Gasteiger partial charge in [0.15, 0.2) is 11.2 Å². The first-order valence-corrected chi connectivity index (χ1v) is 6.30. The van der Waals surface area contributed by atoms with Gasteiger partial charge in [-0.3, -0.25) is 13.9 Å². The van der Waals surface area contributed by atoms with Crippen LogP contribution in [0, 0.1) is 6.92 Å². The zero-order valence-corrected chi connectivity index (χ0v) is 11.4. The van der Waals surface area contributed by atoms with Crippen molar-refractivity contribution in [2.24, 2.45) is 7.05 Å². The number of hydrogen-bond acceptors (Lipinski definition) is 4. The van der Waals surface area contributed by atoms with Gasteiger partial charge in [-0.1, -0.05) is 0 Å². The van der Waals surface area contributed by atoms with Crippen molar-refractivity contribution < 1.29 is 5.11 Å². The molecule has 0 aliphatic heterocycles. The normalized spacial score (nSPS) is 11.4. The summed E-state index contributed by atoms with van der Waals surface area (Å²) in [6.45, 7) is 4.52. The number of aromatic nitrogens is 4. The number of nitrogens with zero attached hydrogens (tertiary/aromatic N) is 4. The van der Waals surface area contributed by atoms with E-state index in [1.54, 1.807) is 11.6 Å². The topological polar surface area (TPSA) is 82.1 Å². The second-order valence-electron chi connectivity index (χ2n) is 4.45. The Morgan fingerprint density at radius 3 is 2.53 bits per heavy atom. The van der Waals surface area contributed by atoms with E-state index >= 15 is 0 Å². The molecule has 2 aromatic heterocycles. The van der Waals surface area contributed by atoms with Gasteiger partial charge in [0.2, 0.25) is 0 Å². The predicted octanol–water partition coefficient (Wildman–Crippen LogP) is -0.393. The summed E-state index contributed by atoms with van der Waals surface area (Å²) in [4.78, 5) is 28.8. The molecule has 1 N–H and O–H groups in total. The van der Waals surface area contributed by atoms with E-state index in [0.29, 0.717) is 30.0 Å². The van der Waals surface area contributed by atoms with Crippen LogP contribution in [-0.2, 0) is 20.1 Å². The predicted molar refractivity (Wildman–Crippen MR) is 71.3 cm³/mol. The molecule has 0 aliphatic carbocycles. The molecule has 0 aliphatic rings. The second kappa shape index (κ2) is 5.00. The van der Waals surface area contributed by atoms with Crippen molar-refractivity contribution in [2.75, 3.05) is 6.61 Å². The number of aliphatic hydroxyl groups is 1. The van der Waals surface area contributed by atoms with E-state index < -0.39 is 5.69 Å². The SMILES string of the molecule is CCn1c(C)nc2c1c(=O)n(CCCO)c(=O)n2C. The maximum absolute atomic E-state index is 12.4. The summed E-state index contributed by atoms with van der Waals surface area (Å²) in [5.41, 5.74) is 0.121. The van der Waals surface area contributed by atoms with Crippen LogP contribution in [0.3, 0.4) is 0 Å². The van der Waals surface area contributed by atoms with Crippen LogP contribution in [0.5, 0.6) is 0 Å². The van der Waals surface area contributed by atoms with Gasteiger partial charge in [0, 0.05) is 26.7 Å². The average Bonchev–Trinajstić information content (AvgIpc) is 2.73. The van der Waals surface area contributed by atoms with E-state index in [1.165, 1.54) is 4.57 Å². The van der Waals surface area contributed by atoms with Crippen molar-refractivity contribution in [1.82, 2.24) is 18.7 Å². The van der Waals surface area contributed by atoms with Crippen LogP contribution < -0.4 is 11.2 Å². The molecule has 0 fully saturated rings. The highest BCUT2D eigenvalue weighted by Crippen LogP contribution is 2.09. The number of rotatable bonds is 4. The molecule has 0 saturated carbocycles. The fourth-order valence-corrected chi connectivity index (χ4v) is 2.29. The minimum absolute atomic E-state index is 0.0559. The molecule has 2 aromatic rings. The Bertz CT molecular complexity index is 723. The zero-order chi connectivity index (χ0) is 14.2. The van der Waals surface area contributed by atoms with E-state index in [2.05, 4.69) is 4.98 Å². The van der Waals surface area contributed by atoms with Gasteiger partial charge in [0.1, 0.15) is 5.82 Å². The summed E-state index contributed by atoms with van der Waals surface area (Å²) in [7, 11) is 1.60. The molecule has 19 heavy (non-hydrogen) atoms. The van der Waals surface area contributed by atoms with Gasteiger partial charge in [0.25, 0.3) is 5.56 Å². The van der Waals surface area contributed by atoms with Crippen LogP contribution in [0.1, 0.15) is 19.2 Å². The van der Waals surface area contributed by atoms with Gasteiger partial charge in [0.05, 0.1) is 0 Å². The Balaban J connectivity index is 2.86. The van der Waals surface area contributed by atoms with Gasteiger partial charge in [-0.05, 0) is 20.3 Å². The molecule has 0 saturated heterocycles. The van der Waals surface area contributed by atoms with Gasteiger partial charge in [-0.25, -0.2) is 9.78 Å². The quantitative estimate of drug-likeness (QED) is 0.817. The molecule has 0 amide bonds. The molecular weight excluding hydrogens is 248 g/mol. The lowest BCUT2D eigenvalue weighted by molar-refractivity contribution is 0.277. The Kier molecular flexibility index (Phi) is 3.57. The minimum atomic E-state index is -0.397. The zero-order valence-electron chi connectivity index (χ0n) is 11.4. The molecule has 0 unspecified atom stereocenters. The Labute approximate surface area is 109 Å². The lowest BCUT2D eigenvalue weighted by atomic mass is 10.4. The fraction of sp³-hybridized carbons (Fsp3) is 0.583. The fourth-order valence-electron chi connectivity index (χ4n) is 2.29. The first kappa shape index (κ1) is 13.5. The molecule has 104 valence electrons. The van der Waals surface area contributed by atoms with E-state index in [0.717, 1.165) is 4.57 Å². The third-order valence-corrected chi connectivity index (χ3v) is 3.28. The van der Waals surface area contributed by atoms with Crippen molar-refractivity contribution in [3.63, 3.8) is 0 Å². The number of hydrogen-bond donors (Lipinski definition) is 1. The third-order valence-electron chi connectivity index (χ3n) is 3.28. The number of fused-ring (bicyclic) bond motifs is 1. The minimum Gasteiger partial charge on any atom is -0.396 e. The Morgan fingerprint density at radius 1 is 1.26 bits per heavy atom. The first-order valence-electron chi connectivity index (χ1n) is 6.30. The standard InChI is InChI=1S/C12H18N4O3/c1-4-15-8(2)13-10-9(15)11(18)16(6-5-7-17)12(19)14(10)3/h17H,4-7H2,1-3H3. The molecule has 7 nitrogen and oxygen atoms in total. The van der Waals surface area contributed by atoms with Gasteiger partial charge in [-0.15, -0.1) is 0 Å². The molecule has 0 bridgehead atoms. The summed E-state index contributed by atoms with van der Waals surface area (Å²) >= 11 is 0. The molecule has 2 rings (SSSR count). The van der Waals surface area contributed by atoms with E-state index in [4.69, 9.17) is 5.11 Å². The second-order valence-corrected chi connectivity index (χ2v) is 4.45. The Hall–Kier alpha value is -1.89. The molecule has 0 radical (unpaired) electrons. The summed E-state index contributed by atoms with van der Waals surface area (Å²) in [5.74, 6) is 0.713. The van der Waals surface area contributed by atoms with Crippen molar-refractivity contribution >= 4 is 11.2 Å². The largest absolute Gasteiger partial charge is 0.396 e. The average molecular weight is 266 g/mol. The van der Waals surface area contributed by atoms with Crippen molar-refractivity contribution in [1.29, 1.82) is 0 Å². The van der Waals surface area contributed by atoms with Crippen LogP contribution in [-0.4, -0.2) is 30.4 Å². The summed E-state index contributed by atoms with van der Waals surface area (Å²) in [5, 5.41) is 8.86. The summed E-state index contributed by atoms with van der Waals surface area (Å²) in [6, 6.07) is 0. The van der Waals surface area contributed by atoms with Gasteiger partial charge in [-0.2, -0.15) is 0 Å². The van der Waals surface area contributed by atoms with E-state index in [-0.39, 0.29) is 18.7 Å². The van der Waals surface area contributed by atoms with Gasteiger partial charge >= 0.3 is 5.69 Å². The van der Waals surface area contributed by atoms with Gasteiger partial charge < -0.3 is 9.67 Å².